The summed E-state index contributed by atoms with van der Waals surface area (Å²) in [5.74, 6) is 0.0511. The van der Waals surface area contributed by atoms with E-state index in [2.05, 4.69) is 24.1 Å². The molecule has 1 N–H and O–H groups in total. The average Bonchev–Trinajstić information content (AvgIpc) is 2.52. The highest BCUT2D eigenvalue weighted by molar-refractivity contribution is 6.41. The lowest BCUT2D eigenvalue weighted by Gasteiger charge is -2.34. The van der Waals surface area contributed by atoms with Crippen LogP contribution < -0.4 is 5.32 Å². The van der Waals surface area contributed by atoms with Gasteiger partial charge in [0, 0.05) is 12.2 Å². The first-order chi connectivity index (χ1) is 10.9. The van der Waals surface area contributed by atoms with Gasteiger partial charge in [-0.25, -0.2) is 9.78 Å². The summed E-state index contributed by atoms with van der Waals surface area (Å²) in [7, 11) is 0. The summed E-state index contributed by atoms with van der Waals surface area (Å²) in [5.41, 5.74) is 0.159. The molecule has 5 nitrogen and oxygen atoms in total. The molecule has 7 heteroatoms. The van der Waals surface area contributed by atoms with Crippen molar-refractivity contribution in [3.63, 3.8) is 0 Å². The van der Waals surface area contributed by atoms with Crippen LogP contribution in [-0.2, 0) is 9.53 Å². The summed E-state index contributed by atoms with van der Waals surface area (Å²) in [6.45, 7) is 4.01. The minimum absolute atomic E-state index is 0.112. The van der Waals surface area contributed by atoms with E-state index in [1.807, 2.05) is 0 Å². The van der Waals surface area contributed by atoms with Crippen LogP contribution in [0.25, 0.3) is 0 Å². The van der Waals surface area contributed by atoms with Crippen LogP contribution in [0.3, 0.4) is 0 Å². The van der Waals surface area contributed by atoms with Gasteiger partial charge in [0.25, 0.3) is 5.91 Å². The topological polar surface area (TPSA) is 68.3 Å². The molecule has 1 aromatic rings. The molecule has 1 aliphatic carbocycles. The Balaban J connectivity index is 1.84. The van der Waals surface area contributed by atoms with E-state index in [-0.39, 0.29) is 34.3 Å². The molecule has 1 aliphatic rings. The van der Waals surface area contributed by atoms with Gasteiger partial charge in [0.15, 0.2) is 6.61 Å². The van der Waals surface area contributed by atoms with E-state index in [1.165, 1.54) is 18.7 Å². The van der Waals surface area contributed by atoms with Crippen LogP contribution in [0.5, 0.6) is 0 Å². The number of nitrogens with one attached hydrogen (secondary N) is 1. The minimum atomic E-state index is -0.656. The highest BCUT2D eigenvalue weighted by Gasteiger charge is 2.28. The van der Waals surface area contributed by atoms with E-state index in [4.69, 9.17) is 27.9 Å². The molecular formula is C16H20Cl2N2O3. The molecule has 2 rings (SSSR count). The predicted octanol–water partition coefficient (Wildman–Crippen LogP) is 3.49. The molecule has 1 amide bonds. The molecule has 0 radical (unpaired) electrons. The van der Waals surface area contributed by atoms with E-state index in [1.54, 1.807) is 0 Å². The van der Waals surface area contributed by atoms with Crippen molar-refractivity contribution in [2.75, 3.05) is 6.61 Å². The van der Waals surface area contributed by atoms with Crippen molar-refractivity contribution in [1.82, 2.24) is 10.3 Å². The highest BCUT2D eigenvalue weighted by Crippen LogP contribution is 2.29. The number of pyridine rings is 1. The first-order valence-electron chi connectivity index (χ1n) is 7.66. The molecule has 126 valence electrons. The van der Waals surface area contributed by atoms with E-state index >= 15 is 0 Å². The van der Waals surface area contributed by atoms with Gasteiger partial charge >= 0.3 is 5.97 Å². The van der Waals surface area contributed by atoms with Crippen molar-refractivity contribution in [3.8, 4) is 0 Å². The van der Waals surface area contributed by atoms with Crippen LogP contribution in [0.15, 0.2) is 12.3 Å². The number of nitrogens with zero attached hydrogens (tertiary/aromatic N) is 1. The molecule has 1 aromatic heterocycles. The Hall–Kier alpha value is -1.33. The van der Waals surface area contributed by atoms with Crippen molar-refractivity contribution < 1.29 is 14.3 Å². The number of aromatic nitrogens is 1. The quantitative estimate of drug-likeness (QED) is 0.660. The summed E-state index contributed by atoms with van der Waals surface area (Å²) in [5, 5.41) is 3.22. The van der Waals surface area contributed by atoms with Crippen LogP contribution >= 0.6 is 23.2 Å². The standard InChI is InChI=1S/C16H20Cl2N2O3/c1-9-4-3-5-13(10(9)2)20-14(21)8-23-16(22)11-6-12(17)15(18)19-7-11/h6-7,9-10,13H,3-5,8H2,1-2H3,(H,20,21)/t9-,10-,13+/m1/s1. The zero-order chi connectivity index (χ0) is 17.0. The Morgan fingerprint density at radius 2 is 2.09 bits per heavy atom. The maximum absolute atomic E-state index is 12.0. The molecule has 0 aliphatic heterocycles. The lowest BCUT2D eigenvalue weighted by Crippen LogP contribution is -2.45. The maximum atomic E-state index is 12.0. The van der Waals surface area contributed by atoms with Crippen LogP contribution in [0.2, 0.25) is 10.2 Å². The minimum Gasteiger partial charge on any atom is -0.452 e. The van der Waals surface area contributed by atoms with Gasteiger partial charge in [-0.1, -0.05) is 49.9 Å². The van der Waals surface area contributed by atoms with Gasteiger partial charge in [0.2, 0.25) is 0 Å². The Morgan fingerprint density at radius 1 is 1.35 bits per heavy atom. The summed E-state index contributed by atoms with van der Waals surface area (Å²) in [6.07, 6.45) is 4.51. The molecule has 1 fully saturated rings. The molecule has 23 heavy (non-hydrogen) atoms. The molecule has 3 atom stereocenters. The molecular weight excluding hydrogens is 339 g/mol. The Kier molecular flexibility index (Phi) is 6.25. The fourth-order valence-corrected chi connectivity index (χ4v) is 3.05. The Bertz CT molecular complexity index is 595. The first-order valence-corrected chi connectivity index (χ1v) is 8.41. The number of carbonyl (C=O) groups is 2. The predicted molar refractivity (Wildman–Crippen MR) is 88.6 cm³/mol. The normalized spacial score (nSPS) is 24.1. The maximum Gasteiger partial charge on any atom is 0.340 e. The van der Waals surface area contributed by atoms with E-state index in [9.17, 15) is 9.59 Å². The first kappa shape index (κ1) is 18.0. The van der Waals surface area contributed by atoms with E-state index in [0.717, 1.165) is 12.8 Å². The number of amides is 1. The molecule has 0 aromatic carbocycles. The molecule has 0 bridgehead atoms. The molecule has 0 spiro atoms. The molecule has 0 saturated heterocycles. The van der Waals surface area contributed by atoms with Crippen LogP contribution in [0, 0.1) is 11.8 Å². The monoisotopic (exact) mass is 358 g/mol. The third kappa shape index (κ3) is 4.82. The fourth-order valence-electron chi connectivity index (χ4n) is 2.78. The molecule has 0 unspecified atom stereocenters. The second kappa shape index (κ2) is 7.97. The number of halogens is 2. The average molecular weight is 359 g/mol. The van der Waals surface area contributed by atoms with Gasteiger partial charge in [-0.05, 0) is 24.3 Å². The number of esters is 1. The number of carbonyl (C=O) groups excluding carboxylic acids is 2. The van der Waals surface area contributed by atoms with Crippen molar-refractivity contribution in [3.05, 3.63) is 28.0 Å². The zero-order valence-corrected chi connectivity index (χ0v) is 14.7. The number of rotatable bonds is 4. The second-order valence-corrected chi connectivity index (χ2v) is 6.78. The lowest BCUT2D eigenvalue weighted by molar-refractivity contribution is -0.125. The van der Waals surface area contributed by atoms with Gasteiger partial charge in [0.05, 0.1) is 10.6 Å². The summed E-state index contributed by atoms with van der Waals surface area (Å²) in [4.78, 5) is 27.6. The smallest absolute Gasteiger partial charge is 0.340 e. The third-order valence-electron chi connectivity index (χ3n) is 4.42. The lowest BCUT2D eigenvalue weighted by atomic mass is 9.78. The van der Waals surface area contributed by atoms with Gasteiger partial charge in [-0.2, -0.15) is 0 Å². The van der Waals surface area contributed by atoms with Crippen LogP contribution in [0.4, 0.5) is 0 Å². The van der Waals surface area contributed by atoms with Gasteiger partial charge < -0.3 is 10.1 Å². The van der Waals surface area contributed by atoms with Gasteiger partial charge in [-0.15, -0.1) is 0 Å². The van der Waals surface area contributed by atoms with Crippen molar-refractivity contribution in [2.45, 2.75) is 39.2 Å². The molecule has 1 saturated carbocycles. The van der Waals surface area contributed by atoms with Crippen molar-refractivity contribution in [2.24, 2.45) is 11.8 Å². The number of hydrogen-bond acceptors (Lipinski definition) is 4. The van der Waals surface area contributed by atoms with Crippen LogP contribution in [-0.4, -0.2) is 29.5 Å². The third-order valence-corrected chi connectivity index (χ3v) is 5.11. The van der Waals surface area contributed by atoms with Gasteiger partial charge in [0.1, 0.15) is 5.15 Å². The van der Waals surface area contributed by atoms with E-state index < -0.39 is 5.97 Å². The number of ether oxygens (including phenoxy) is 1. The summed E-state index contributed by atoms with van der Waals surface area (Å²) >= 11 is 11.5. The van der Waals surface area contributed by atoms with Crippen molar-refractivity contribution >= 4 is 35.1 Å². The largest absolute Gasteiger partial charge is 0.452 e. The second-order valence-electron chi connectivity index (χ2n) is 6.01. The Morgan fingerprint density at radius 3 is 2.78 bits per heavy atom. The zero-order valence-electron chi connectivity index (χ0n) is 13.1. The fraction of sp³-hybridized carbons (Fsp3) is 0.562. The Labute approximate surface area is 145 Å². The highest BCUT2D eigenvalue weighted by atomic mass is 35.5. The number of hydrogen-bond donors (Lipinski definition) is 1. The van der Waals surface area contributed by atoms with Crippen LogP contribution in [0.1, 0.15) is 43.5 Å². The van der Waals surface area contributed by atoms with E-state index in [0.29, 0.717) is 11.8 Å². The van der Waals surface area contributed by atoms with Crippen molar-refractivity contribution in [1.29, 1.82) is 0 Å². The SMILES string of the molecule is C[C@@H]1[C@H](C)CCC[C@@H]1NC(=O)COC(=O)c1cnc(Cl)c(Cl)c1. The molecule has 1 heterocycles. The van der Waals surface area contributed by atoms with Gasteiger partial charge in [-0.3, -0.25) is 4.79 Å². The summed E-state index contributed by atoms with van der Waals surface area (Å²) < 4.78 is 5.00. The summed E-state index contributed by atoms with van der Waals surface area (Å²) in [6, 6.07) is 1.50.